The highest BCUT2D eigenvalue weighted by atomic mass is 16.3. The normalized spacial score (nSPS) is 29.8. The Morgan fingerprint density at radius 2 is 2.04 bits per heavy atom. The van der Waals surface area contributed by atoms with Gasteiger partial charge in [-0.25, -0.2) is 9.97 Å². The summed E-state index contributed by atoms with van der Waals surface area (Å²) in [4.78, 5) is 28.4. The van der Waals surface area contributed by atoms with Gasteiger partial charge in [0.25, 0.3) is 5.91 Å². The van der Waals surface area contributed by atoms with Gasteiger partial charge < -0.3 is 19.9 Å². The number of carbonyl (C=O) groups excluding carboxylic acids is 1. The third-order valence-electron chi connectivity index (χ3n) is 6.35. The van der Waals surface area contributed by atoms with Gasteiger partial charge in [0.05, 0.1) is 5.39 Å². The van der Waals surface area contributed by atoms with E-state index in [4.69, 9.17) is 0 Å². The summed E-state index contributed by atoms with van der Waals surface area (Å²) in [6.07, 6.45) is 6.90. The van der Waals surface area contributed by atoms with E-state index in [9.17, 15) is 9.90 Å². The van der Waals surface area contributed by atoms with E-state index in [2.05, 4.69) is 26.9 Å². The molecule has 1 saturated heterocycles. The van der Waals surface area contributed by atoms with Crippen LogP contribution in [-0.2, 0) is 4.79 Å². The molecule has 25 heavy (non-hydrogen) atoms. The van der Waals surface area contributed by atoms with E-state index in [-0.39, 0.29) is 5.91 Å². The third-order valence-corrected chi connectivity index (χ3v) is 6.35. The first-order valence-corrected chi connectivity index (χ1v) is 9.08. The maximum absolute atomic E-state index is 12.4. The van der Waals surface area contributed by atoms with Crippen molar-refractivity contribution in [1.82, 2.24) is 19.9 Å². The van der Waals surface area contributed by atoms with Crippen LogP contribution in [0.3, 0.4) is 0 Å². The summed E-state index contributed by atoms with van der Waals surface area (Å²) in [5, 5.41) is 11.1. The number of amides is 1. The molecule has 5 rings (SSSR count). The molecule has 7 nitrogen and oxygen atoms in total. The molecule has 2 saturated carbocycles. The first-order chi connectivity index (χ1) is 12.0. The van der Waals surface area contributed by atoms with Crippen molar-refractivity contribution in [3.05, 3.63) is 18.6 Å². The van der Waals surface area contributed by atoms with Crippen LogP contribution >= 0.6 is 0 Å². The molecule has 0 spiro atoms. The van der Waals surface area contributed by atoms with Crippen molar-refractivity contribution < 1.29 is 9.90 Å². The van der Waals surface area contributed by atoms with Crippen molar-refractivity contribution in [3.8, 4) is 0 Å². The predicted molar refractivity (Wildman–Crippen MR) is 93.1 cm³/mol. The minimum absolute atomic E-state index is 0.0448. The molecule has 0 radical (unpaired) electrons. The minimum Gasteiger partial charge on any atom is -0.380 e. The number of hydrogen-bond acceptors (Lipinski definition) is 5. The number of anilines is 1. The monoisotopic (exact) mass is 341 g/mol. The number of rotatable bonds is 3. The van der Waals surface area contributed by atoms with Crippen molar-refractivity contribution in [2.75, 3.05) is 25.0 Å². The number of aromatic nitrogens is 3. The van der Waals surface area contributed by atoms with Crippen LogP contribution in [0.25, 0.3) is 11.0 Å². The molecule has 0 bridgehead atoms. The molecule has 0 aromatic carbocycles. The standard InChI is InChI=1S/C18H23N5O2/c1-22(16-14-2-5-19-15(14)20-10-21-16)13-6-11-8-23(9-12(11)7-13)17(24)18(25)3-4-18/h2,5,10-13,25H,3-4,6-9H2,1H3,(H,19,20,21)/t11-,12?,13+/m1/s1. The predicted octanol–water partition coefficient (Wildman–Crippen LogP) is 1.16. The molecule has 2 N–H and O–H groups in total. The van der Waals surface area contributed by atoms with Crippen LogP contribution in [-0.4, -0.2) is 62.6 Å². The van der Waals surface area contributed by atoms with E-state index in [1.165, 1.54) is 0 Å². The van der Waals surface area contributed by atoms with Crippen molar-refractivity contribution in [2.45, 2.75) is 37.3 Å². The molecule has 2 aromatic rings. The quantitative estimate of drug-likeness (QED) is 0.875. The van der Waals surface area contributed by atoms with Crippen molar-refractivity contribution in [3.63, 3.8) is 0 Å². The highest BCUT2D eigenvalue weighted by Gasteiger charge is 2.53. The van der Waals surface area contributed by atoms with Gasteiger partial charge >= 0.3 is 0 Å². The number of aliphatic hydroxyl groups is 1. The van der Waals surface area contributed by atoms with Crippen molar-refractivity contribution in [2.24, 2.45) is 11.8 Å². The van der Waals surface area contributed by atoms with E-state index in [0.717, 1.165) is 42.8 Å². The topological polar surface area (TPSA) is 85.4 Å². The van der Waals surface area contributed by atoms with Gasteiger partial charge in [-0.2, -0.15) is 0 Å². The Kier molecular flexibility index (Phi) is 3.13. The number of nitrogens with zero attached hydrogens (tertiary/aromatic N) is 4. The molecule has 132 valence electrons. The van der Waals surface area contributed by atoms with Gasteiger partial charge in [-0.1, -0.05) is 0 Å². The lowest BCUT2D eigenvalue weighted by atomic mass is 10.0. The summed E-state index contributed by atoms with van der Waals surface area (Å²) in [6.45, 7) is 1.58. The van der Waals surface area contributed by atoms with Gasteiger partial charge in [0.1, 0.15) is 23.4 Å². The first kappa shape index (κ1) is 15.1. The second kappa shape index (κ2) is 5.17. The fourth-order valence-corrected chi connectivity index (χ4v) is 4.69. The third kappa shape index (κ3) is 2.33. The number of H-pyrrole nitrogens is 1. The van der Waals surface area contributed by atoms with Gasteiger partial charge in [-0.05, 0) is 43.6 Å². The Morgan fingerprint density at radius 3 is 2.72 bits per heavy atom. The minimum atomic E-state index is -1.03. The smallest absolute Gasteiger partial charge is 0.254 e. The van der Waals surface area contributed by atoms with Gasteiger partial charge in [0.2, 0.25) is 0 Å². The van der Waals surface area contributed by atoms with Crippen molar-refractivity contribution in [1.29, 1.82) is 0 Å². The number of hydrogen-bond donors (Lipinski definition) is 2. The summed E-state index contributed by atoms with van der Waals surface area (Å²) >= 11 is 0. The van der Waals surface area contributed by atoms with Gasteiger partial charge in [-0.15, -0.1) is 0 Å². The van der Waals surface area contributed by atoms with Crippen molar-refractivity contribution >= 4 is 22.8 Å². The average molecular weight is 341 g/mol. The zero-order valence-corrected chi connectivity index (χ0v) is 14.4. The summed E-state index contributed by atoms with van der Waals surface area (Å²) in [7, 11) is 2.11. The molecule has 7 heteroatoms. The molecule has 3 atom stereocenters. The largest absolute Gasteiger partial charge is 0.380 e. The summed E-state index contributed by atoms with van der Waals surface area (Å²) in [6, 6.07) is 2.46. The number of nitrogens with one attached hydrogen (secondary N) is 1. The van der Waals surface area contributed by atoms with Crippen LogP contribution in [0, 0.1) is 11.8 Å². The van der Waals surface area contributed by atoms with Gasteiger partial charge in [0, 0.05) is 32.4 Å². The van der Waals surface area contributed by atoms with Crippen LogP contribution in [0.4, 0.5) is 5.82 Å². The molecular formula is C18H23N5O2. The fourth-order valence-electron chi connectivity index (χ4n) is 4.69. The van der Waals surface area contributed by atoms with E-state index >= 15 is 0 Å². The Bertz CT molecular complexity index is 816. The molecule has 3 fully saturated rings. The van der Waals surface area contributed by atoms with E-state index in [1.54, 1.807) is 6.33 Å². The molecule has 1 aliphatic heterocycles. The lowest BCUT2D eigenvalue weighted by molar-refractivity contribution is -0.141. The summed E-state index contributed by atoms with van der Waals surface area (Å²) < 4.78 is 0. The van der Waals surface area contributed by atoms with E-state index < -0.39 is 5.60 Å². The average Bonchev–Trinajstić information content (AvgIpc) is 2.99. The highest BCUT2D eigenvalue weighted by Crippen LogP contribution is 2.44. The maximum atomic E-state index is 12.4. The summed E-state index contributed by atoms with van der Waals surface area (Å²) in [5.74, 6) is 1.98. The second-order valence-corrected chi connectivity index (χ2v) is 7.94. The molecule has 3 heterocycles. The molecule has 2 aromatic heterocycles. The maximum Gasteiger partial charge on any atom is 0.254 e. The second-order valence-electron chi connectivity index (χ2n) is 7.94. The molecule has 2 aliphatic carbocycles. The van der Waals surface area contributed by atoms with Crippen LogP contribution in [0.1, 0.15) is 25.7 Å². The lowest BCUT2D eigenvalue weighted by Gasteiger charge is -2.28. The van der Waals surface area contributed by atoms with Crippen LogP contribution in [0.2, 0.25) is 0 Å². The molecular weight excluding hydrogens is 318 g/mol. The fraction of sp³-hybridized carbons (Fsp3) is 0.611. The Balaban J connectivity index is 1.29. The molecule has 1 unspecified atom stereocenters. The molecule has 3 aliphatic rings. The first-order valence-electron chi connectivity index (χ1n) is 9.08. The summed E-state index contributed by atoms with van der Waals surface area (Å²) in [5.41, 5.74) is -0.167. The SMILES string of the molecule is CN(c1ncnc2[nH]ccc12)[C@@H]1CC2CN(C(=O)C3(O)CC3)C[C@H]2C1. The number of carbonyl (C=O) groups is 1. The van der Waals surface area contributed by atoms with E-state index in [0.29, 0.717) is 30.7 Å². The van der Waals surface area contributed by atoms with Crippen LogP contribution in [0.5, 0.6) is 0 Å². The van der Waals surface area contributed by atoms with Crippen LogP contribution in [0.15, 0.2) is 18.6 Å². The highest BCUT2D eigenvalue weighted by molar-refractivity contribution is 5.88. The Morgan fingerprint density at radius 1 is 1.32 bits per heavy atom. The Hall–Kier alpha value is -2.15. The zero-order chi connectivity index (χ0) is 17.2. The zero-order valence-electron chi connectivity index (χ0n) is 14.4. The van der Waals surface area contributed by atoms with Gasteiger partial charge in [0.15, 0.2) is 0 Å². The van der Waals surface area contributed by atoms with Gasteiger partial charge in [-0.3, -0.25) is 4.79 Å². The number of fused-ring (bicyclic) bond motifs is 2. The number of aromatic amines is 1. The molecule has 1 amide bonds. The number of likely N-dealkylation sites (tertiary alicyclic amines) is 1. The lowest BCUT2D eigenvalue weighted by Crippen LogP contribution is -2.40. The Labute approximate surface area is 146 Å². The van der Waals surface area contributed by atoms with E-state index in [1.807, 2.05) is 17.2 Å². The van der Waals surface area contributed by atoms with Crippen LogP contribution < -0.4 is 4.90 Å².